The summed E-state index contributed by atoms with van der Waals surface area (Å²) in [6, 6.07) is 9.60. The van der Waals surface area contributed by atoms with Crippen LogP contribution in [0.3, 0.4) is 0 Å². The number of methoxy groups -OCH3 is 1. The molecule has 0 radical (unpaired) electrons. The molecular formula is C19H11FN2O5. The number of nitriles is 1. The lowest BCUT2D eigenvalue weighted by Crippen LogP contribution is -2.06. The van der Waals surface area contributed by atoms with Crippen molar-refractivity contribution in [2.24, 2.45) is 0 Å². The highest BCUT2D eigenvalue weighted by Crippen LogP contribution is 2.29. The first-order chi connectivity index (χ1) is 13.0. The molecule has 2 aromatic carbocycles. The van der Waals surface area contributed by atoms with Crippen molar-refractivity contribution in [1.29, 1.82) is 5.26 Å². The summed E-state index contributed by atoms with van der Waals surface area (Å²) in [4.78, 5) is 23.1. The lowest BCUT2D eigenvalue weighted by molar-refractivity contribution is -0.385. The van der Waals surface area contributed by atoms with E-state index in [1.165, 1.54) is 19.2 Å². The van der Waals surface area contributed by atoms with E-state index >= 15 is 0 Å². The Balaban J connectivity index is 2.24. The van der Waals surface area contributed by atoms with E-state index in [0.717, 1.165) is 24.5 Å². The second kappa shape index (κ2) is 7.09. The largest absolute Gasteiger partial charge is 0.497 e. The van der Waals surface area contributed by atoms with Gasteiger partial charge in [-0.1, -0.05) is 6.07 Å². The van der Waals surface area contributed by atoms with Crippen molar-refractivity contribution in [1.82, 2.24) is 0 Å². The summed E-state index contributed by atoms with van der Waals surface area (Å²) >= 11 is 0. The first kappa shape index (κ1) is 17.8. The molecule has 1 heterocycles. The van der Waals surface area contributed by atoms with E-state index in [2.05, 4.69) is 0 Å². The van der Waals surface area contributed by atoms with E-state index in [1.807, 2.05) is 0 Å². The highest BCUT2D eigenvalue weighted by molar-refractivity contribution is 5.93. The third-order valence-electron chi connectivity index (χ3n) is 3.88. The summed E-state index contributed by atoms with van der Waals surface area (Å²) in [7, 11) is 1.44. The number of hydrogen-bond acceptors (Lipinski definition) is 6. The zero-order valence-electron chi connectivity index (χ0n) is 13.9. The van der Waals surface area contributed by atoms with Gasteiger partial charge in [0.2, 0.25) is 0 Å². The lowest BCUT2D eigenvalue weighted by Gasteiger charge is -2.04. The normalized spacial score (nSPS) is 11.2. The van der Waals surface area contributed by atoms with Crippen LogP contribution >= 0.6 is 0 Å². The Hall–Kier alpha value is -3.99. The molecular weight excluding hydrogens is 355 g/mol. The van der Waals surface area contributed by atoms with Crippen LogP contribution < -0.4 is 10.2 Å². The summed E-state index contributed by atoms with van der Waals surface area (Å²) in [5, 5.41) is 20.8. The first-order valence-electron chi connectivity index (χ1n) is 7.61. The Morgan fingerprint density at radius 2 is 2.15 bits per heavy atom. The van der Waals surface area contributed by atoms with E-state index in [0.29, 0.717) is 11.3 Å². The maximum atomic E-state index is 14.2. The number of rotatable bonds is 4. The zero-order valence-corrected chi connectivity index (χ0v) is 13.9. The molecule has 0 bridgehead atoms. The Labute approximate surface area is 151 Å². The quantitative estimate of drug-likeness (QED) is 0.394. The molecule has 0 spiro atoms. The van der Waals surface area contributed by atoms with Crippen LogP contribution in [-0.4, -0.2) is 12.0 Å². The van der Waals surface area contributed by atoms with Gasteiger partial charge in [0.05, 0.1) is 28.6 Å². The number of ether oxygens (including phenoxy) is 1. The Kier molecular flexibility index (Phi) is 4.68. The first-order valence-corrected chi connectivity index (χ1v) is 7.61. The fourth-order valence-electron chi connectivity index (χ4n) is 2.60. The third-order valence-corrected chi connectivity index (χ3v) is 3.88. The van der Waals surface area contributed by atoms with Crippen LogP contribution in [-0.2, 0) is 0 Å². The van der Waals surface area contributed by atoms with Gasteiger partial charge in [-0.2, -0.15) is 5.26 Å². The van der Waals surface area contributed by atoms with Crippen LogP contribution in [0.1, 0.15) is 11.1 Å². The molecule has 7 nitrogen and oxygen atoms in total. The fourth-order valence-corrected chi connectivity index (χ4v) is 2.60. The molecule has 0 unspecified atom stereocenters. The molecule has 0 amide bonds. The minimum absolute atomic E-state index is 0.0511. The summed E-state index contributed by atoms with van der Waals surface area (Å²) in [5.74, 6) is -0.509. The molecule has 27 heavy (non-hydrogen) atoms. The van der Waals surface area contributed by atoms with Crippen molar-refractivity contribution >= 4 is 28.3 Å². The van der Waals surface area contributed by atoms with Crippen LogP contribution in [0.15, 0.2) is 51.9 Å². The van der Waals surface area contributed by atoms with E-state index in [9.17, 15) is 24.6 Å². The molecule has 3 aromatic rings. The number of nitro benzene ring substituents is 1. The van der Waals surface area contributed by atoms with Crippen molar-refractivity contribution in [3.63, 3.8) is 0 Å². The molecule has 1 aromatic heterocycles. The number of nitro groups is 1. The number of fused-ring (bicyclic) bond motifs is 1. The summed E-state index contributed by atoms with van der Waals surface area (Å²) in [6.45, 7) is 0. The molecule has 134 valence electrons. The zero-order chi connectivity index (χ0) is 19.6. The molecule has 0 aliphatic heterocycles. The monoisotopic (exact) mass is 366 g/mol. The SMILES string of the molecule is COc1ccc2occ(/C=C(\C#N)c3c(F)cccc3[N+](=O)[O-])c(=O)c2c1. The van der Waals surface area contributed by atoms with Gasteiger partial charge >= 0.3 is 0 Å². The number of halogens is 1. The third kappa shape index (κ3) is 3.26. The summed E-state index contributed by atoms with van der Waals surface area (Å²) < 4.78 is 24.6. The highest BCUT2D eigenvalue weighted by atomic mass is 19.1. The second-order valence-corrected chi connectivity index (χ2v) is 5.44. The standard InChI is InChI=1S/C19H11FN2O5/c1-26-13-5-6-17-14(8-13)19(23)12(10-27-17)7-11(9-21)18-15(20)3-2-4-16(18)22(24)25/h2-8,10H,1H3/b11-7+. The van der Waals surface area contributed by atoms with Gasteiger partial charge in [0, 0.05) is 6.07 Å². The Morgan fingerprint density at radius 3 is 2.81 bits per heavy atom. The summed E-state index contributed by atoms with van der Waals surface area (Å²) in [5.41, 5.74) is -1.67. The van der Waals surface area contributed by atoms with Crippen molar-refractivity contribution < 1.29 is 18.5 Å². The lowest BCUT2D eigenvalue weighted by atomic mass is 10.0. The molecule has 8 heteroatoms. The van der Waals surface area contributed by atoms with E-state index in [1.54, 1.807) is 18.2 Å². The Morgan fingerprint density at radius 1 is 1.37 bits per heavy atom. The van der Waals surface area contributed by atoms with Gasteiger partial charge in [-0.15, -0.1) is 0 Å². The molecule has 0 aliphatic rings. The summed E-state index contributed by atoms with van der Waals surface area (Å²) in [6.07, 6.45) is 2.18. The van der Waals surface area contributed by atoms with Crippen molar-refractivity contribution in [2.45, 2.75) is 0 Å². The maximum absolute atomic E-state index is 14.2. The molecule has 0 aliphatic carbocycles. The minimum Gasteiger partial charge on any atom is -0.497 e. The van der Waals surface area contributed by atoms with Gasteiger partial charge in [0.1, 0.15) is 35.0 Å². The van der Waals surface area contributed by atoms with Gasteiger partial charge in [-0.05, 0) is 30.3 Å². The molecule has 0 saturated carbocycles. The molecule has 0 N–H and O–H groups in total. The van der Waals surface area contributed by atoms with Gasteiger partial charge in [-0.25, -0.2) is 4.39 Å². The van der Waals surface area contributed by atoms with Gasteiger partial charge in [0.15, 0.2) is 5.43 Å². The molecule has 3 rings (SSSR count). The van der Waals surface area contributed by atoms with Crippen molar-refractivity contribution in [3.8, 4) is 11.8 Å². The maximum Gasteiger partial charge on any atom is 0.280 e. The predicted molar refractivity (Wildman–Crippen MR) is 95.6 cm³/mol. The molecule has 0 atom stereocenters. The van der Waals surface area contributed by atoms with E-state index in [4.69, 9.17) is 9.15 Å². The van der Waals surface area contributed by atoms with Gasteiger partial charge in [0.25, 0.3) is 5.69 Å². The van der Waals surface area contributed by atoms with Gasteiger partial charge < -0.3 is 9.15 Å². The smallest absolute Gasteiger partial charge is 0.280 e. The van der Waals surface area contributed by atoms with Crippen LogP contribution in [0.25, 0.3) is 22.6 Å². The second-order valence-electron chi connectivity index (χ2n) is 5.44. The van der Waals surface area contributed by atoms with E-state index < -0.39 is 27.4 Å². The Bertz CT molecular complexity index is 1190. The number of nitrogens with zero attached hydrogens (tertiary/aromatic N) is 2. The van der Waals surface area contributed by atoms with Crippen LogP contribution in [0.5, 0.6) is 5.75 Å². The average Bonchev–Trinajstić information content (AvgIpc) is 2.67. The number of hydrogen-bond donors (Lipinski definition) is 0. The van der Waals surface area contributed by atoms with Crippen molar-refractivity contribution in [3.05, 3.63) is 79.9 Å². The average molecular weight is 366 g/mol. The van der Waals surface area contributed by atoms with Crippen molar-refractivity contribution in [2.75, 3.05) is 7.11 Å². The van der Waals surface area contributed by atoms with Crippen LogP contribution in [0.4, 0.5) is 10.1 Å². The topological polar surface area (TPSA) is 106 Å². The van der Waals surface area contributed by atoms with Crippen LogP contribution in [0.2, 0.25) is 0 Å². The molecule has 0 saturated heterocycles. The van der Waals surface area contributed by atoms with E-state index in [-0.39, 0.29) is 16.5 Å². The number of allylic oxidation sites excluding steroid dienone is 1. The predicted octanol–water partition coefficient (Wildman–Crippen LogP) is 3.91. The van der Waals surface area contributed by atoms with Crippen LogP contribution in [0, 0.1) is 27.3 Å². The fraction of sp³-hybridized carbons (Fsp3) is 0.0526. The number of benzene rings is 2. The minimum atomic E-state index is -0.941. The van der Waals surface area contributed by atoms with Gasteiger partial charge in [-0.3, -0.25) is 14.9 Å². The molecule has 0 fully saturated rings. The highest BCUT2D eigenvalue weighted by Gasteiger charge is 2.22.